The van der Waals surface area contributed by atoms with E-state index in [9.17, 15) is 0 Å². The van der Waals surface area contributed by atoms with E-state index >= 15 is 0 Å². The van der Waals surface area contributed by atoms with Gasteiger partial charge in [-0.15, -0.1) is 11.3 Å². The van der Waals surface area contributed by atoms with Gasteiger partial charge in [0.1, 0.15) is 6.10 Å². The second kappa shape index (κ2) is 4.16. The number of rotatable bonds is 1. The molecule has 16 heavy (non-hydrogen) atoms. The summed E-state index contributed by atoms with van der Waals surface area (Å²) in [4.78, 5) is 6.96. The van der Waals surface area contributed by atoms with Crippen molar-refractivity contribution in [2.24, 2.45) is 0 Å². The summed E-state index contributed by atoms with van der Waals surface area (Å²) in [7, 11) is 0. The second-order valence-electron chi connectivity index (χ2n) is 4.11. The molecule has 1 atom stereocenters. The zero-order valence-electron chi connectivity index (χ0n) is 9.27. The Hall–Kier alpha value is -0.910. The largest absolute Gasteiger partial charge is 0.370 e. The van der Waals surface area contributed by atoms with Gasteiger partial charge in [0.25, 0.3) is 0 Å². The van der Waals surface area contributed by atoms with Gasteiger partial charge in [0.05, 0.1) is 5.69 Å². The number of imidazole rings is 1. The zero-order chi connectivity index (χ0) is 11.0. The molecule has 1 unspecified atom stereocenters. The van der Waals surface area contributed by atoms with Crippen molar-refractivity contribution in [3.63, 3.8) is 0 Å². The summed E-state index contributed by atoms with van der Waals surface area (Å²) in [5.41, 5.74) is 1.04. The summed E-state index contributed by atoms with van der Waals surface area (Å²) in [6.45, 7) is 4.83. The Labute approximate surface area is 98.3 Å². The van der Waals surface area contributed by atoms with E-state index in [0.29, 0.717) is 0 Å². The van der Waals surface area contributed by atoms with Crippen LogP contribution in [0.25, 0.3) is 4.96 Å². The quantitative estimate of drug-likeness (QED) is 0.821. The lowest BCUT2D eigenvalue weighted by atomic mass is 10.3. The van der Waals surface area contributed by atoms with Gasteiger partial charge in [0, 0.05) is 30.4 Å². The highest BCUT2D eigenvalue weighted by atomic mass is 32.1. The van der Waals surface area contributed by atoms with E-state index in [1.54, 1.807) is 11.3 Å². The molecular formula is C11H15N3OS. The van der Waals surface area contributed by atoms with Crippen LogP contribution in [0.2, 0.25) is 0 Å². The normalized spacial score (nSPS) is 22.4. The maximum Gasteiger partial charge on any atom is 0.194 e. The van der Waals surface area contributed by atoms with Crippen molar-refractivity contribution in [2.45, 2.75) is 19.4 Å². The highest BCUT2D eigenvalue weighted by Gasteiger charge is 2.18. The van der Waals surface area contributed by atoms with Gasteiger partial charge in [0.2, 0.25) is 0 Å². The van der Waals surface area contributed by atoms with E-state index in [-0.39, 0.29) is 6.10 Å². The molecule has 1 saturated heterocycles. The SMILES string of the molecule is Cc1cn2cc(C3CNCCCO3)nc2s1. The van der Waals surface area contributed by atoms with Gasteiger partial charge >= 0.3 is 0 Å². The smallest absolute Gasteiger partial charge is 0.194 e. The number of hydrogen-bond acceptors (Lipinski definition) is 4. The minimum Gasteiger partial charge on any atom is -0.370 e. The minimum absolute atomic E-state index is 0.106. The van der Waals surface area contributed by atoms with Crippen molar-refractivity contribution in [3.8, 4) is 0 Å². The molecule has 2 aromatic rings. The summed E-state index contributed by atoms with van der Waals surface area (Å²) in [6, 6.07) is 0. The van der Waals surface area contributed by atoms with Gasteiger partial charge in [-0.05, 0) is 19.9 Å². The molecule has 1 aliphatic heterocycles. The Morgan fingerprint density at radius 2 is 2.50 bits per heavy atom. The van der Waals surface area contributed by atoms with Crippen molar-refractivity contribution < 1.29 is 4.74 Å². The van der Waals surface area contributed by atoms with Crippen LogP contribution in [0.5, 0.6) is 0 Å². The number of hydrogen-bond donors (Lipinski definition) is 1. The van der Waals surface area contributed by atoms with Crippen LogP contribution in [0.3, 0.4) is 0 Å². The number of aromatic nitrogens is 2. The highest BCUT2D eigenvalue weighted by Crippen LogP contribution is 2.22. The van der Waals surface area contributed by atoms with Gasteiger partial charge in [-0.1, -0.05) is 0 Å². The molecule has 0 saturated carbocycles. The first-order chi connectivity index (χ1) is 7.83. The molecule has 0 aromatic carbocycles. The topological polar surface area (TPSA) is 38.6 Å². The van der Waals surface area contributed by atoms with Crippen molar-refractivity contribution in [1.82, 2.24) is 14.7 Å². The van der Waals surface area contributed by atoms with Crippen molar-refractivity contribution >= 4 is 16.3 Å². The molecule has 0 aliphatic carbocycles. The van der Waals surface area contributed by atoms with Crippen molar-refractivity contribution in [2.75, 3.05) is 19.7 Å². The molecule has 86 valence electrons. The van der Waals surface area contributed by atoms with Crippen LogP contribution in [-0.2, 0) is 4.74 Å². The van der Waals surface area contributed by atoms with Crippen molar-refractivity contribution in [1.29, 1.82) is 0 Å². The van der Waals surface area contributed by atoms with Crippen LogP contribution in [0, 0.1) is 6.92 Å². The molecule has 0 spiro atoms. The maximum absolute atomic E-state index is 5.78. The molecule has 1 N–H and O–H groups in total. The number of ether oxygens (including phenoxy) is 1. The molecule has 0 bridgehead atoms. The third-order valence-corrected chi connectivity index (χ3v) is 3.68. The van der Waals surface area contributed by atoms with Crippen LogP contribution in [0.15, 0.2) is 12.4 Å². The third kappa shape index (κ3) is 1.86. The summed E-state index contributed by atoms with van der Waals surface area (Å²) >= 11 is 1.72. The summed E-state index contributed by atoms with van der Waals surface area (Å²) in [5, 5.41) is 3.37. The first-order valence-electron chi connectivity index (χ1n) is 5.60. The Morgan fingerprint density at radius 1 is 1.56 bits per heavy atom. The Balaban J connectivity index is 1.89. The zero-order valence-corrected chi connectivity index (χ0v) is 10.1. The fourth-order valence-electron chi connectivity index (χ4n) is 1.99. The average molecular weight is 237 g/mol. The molecule has 3 heterocycles. The fourth-order valence-corrected chi connectivity index (χ4v) is 2.81. The van der Waals surface area contributed by atoms with Crippen LogP contribution in [0.4, 0.5) is 0 Å². The van der Waals surface area contributed by atoms with Crippen LogP contribution >= 0.6 is 11.3 Å². The predicted molar refractivity (Wildman–Crippen MR) is 64.0 cm³/mol. The lowest BCUT2D eigenvalue weighted by Crippen LogP contribution is -2.20. The molecule has 1 fully saturated rings. The Kier molecular flexibility index (Phi) is 2.67. The van der Waals surface area contributed by atoms with E-state index in [4.69, 9.17) is 4.74 Å². The molecule has 5 heteroatoms. The third-order valence-electron chi connectivity index (χ3n) is 2.77. The average Bonchev–Trinajstić information content (AvgIpc) is 2.65. The number of fused-ring (bicyclic) bond motifs is 1. The van der Waals surface area contributed by atoms with E-state index < -0.39 is 0 Å². The molecule has 3 rings (SSSR count). The van der Waals surface area contributed by atoms with Crippen molar-refractivity contribution in [3.05, 3.63) is 23.0 Å². The standard InChI is InChI=1S/C11H15N3OS/c1-8-6-14-7-9(13-11(14)16-8)10-5-12-3-2-4-15-10/h6-7,10,12H,2-5H2,1H3. The van der Waals surface area contributed by atoms with E-state index in [1.165, 1.54) is 4.88 Å². The van der Waals surface area contributed by atoms with Crippen LogP contribution < -0.4 is 5.32 Å². The van der Waals surface area contributed by atoms with Gasteiger partial charge < -0.3 is 10.1 Å². The van der Waals surface area contributed by atoms with E-state index in [1.807, 2.05) is 0 Å². The predicted octanol–water partition coefficient (Wildman–Crippen LogP) is 1.76. The molecular weight excluding hydrogens is 222 g/mol. The van der Waals surface area contributed by atoms with E-state index in [0.717, 1.165) is 36.8 Å². The molecule has 0 radical (unpaired) electrons. The fraction of sp³-hybridized carbons (Fsp3) is 0.545. The Morgan fingerprint density at radius 3 is 3.38 bits per heavy atom. The first kappa shape index (κ1) is 10.3. The lowest BCUT2D eigenvalue weighted by Gasteiger charge is -2.11. The number of aryl methyl sites for hydroxylation is 1. The molecule has 2 aromatic heterocycles. The number of nitrogens with one attached hydrogen (secondary N) is 1. The summed E-state index contributed by atoms with van der Waals surface area (Å²) in [5.74, 6) is 0. The number of nitrogens with zero attached hydrogens (tertiary/aromatic N) is 2. The lowest BCUT2D eigenvalue weighted by molar-refractivity contribution is 0.0643. The minimum atomic E-state index is 0.106. The van der Waals surface area contributed by atoms with Gasteiger partial charge in [-0.25, -0.2) is 4.98 Å². The molecule has 0 amide bonds. The second-order valence-corrected chi connectivity index (χ2v) is 5.33. The van der Waals surface area contributed by atoms with Crippen LogP contribution in [0.1, 0.15) is 23.1 Å². The van der Waals surface area contributed by atoms with Gasteiger partial charge in [-0.2, -0.15) is 0 Å². The monoisotopic (exact) mass is 237 g/mol. The first-order valence-corrected chi connectivity index (χ1v) is 6.42. The van der Waals surface area contributed by atoms with E-state index in [2.05, 4.69) is 34.0 Å². The summed E-state index contributed by atoms with van der Waals surface area (Å²) < 4.78 is 7.87. The Bertz CT molecular complexity index is 451. The van der Waals surface area contributed by atoms with Gasteiger partial charge in [0.15, 0.2) is 4.96 Å². The molecule has 1 aliphatic rings. The molecule has 4 nitrogen and oxygen atoms in total. The highest BCUT2D eigenvalue weighted by molar-refractivity contribution is 7.16. The van der Waals surface area contributed by atoms with Crippen LogP contribution in [-0.4, -0.2) is 29.1 Å². The van der Waals surface area contributed by atoms with Gasteiger partial charge in [-0.3, -0.25) is 4.40 Å². The summed E-state index contributed by atoms with van der Waals surface area (Å²) in [6.07, 6.45) is 5.38. The number of thiazole rings is 1. The maximum atomic E-state index is 5.78.